The van der Waals surface area contributed by atoms with Gasteiger partial charge in [0, 0.05) is 18.2 Å². The number of carbonyl (C=O) groups is 3. The van der Waals surface area contributed by atoms with Crippen LogP contribution >= 0.6 is 0 Å². The van der Waals surface area contributed by atoms with Crippen LogP contribution in [0.2, 0.25) is 0 Å². The lowest BCUT2D eigenvalue weighted by atomic mass is 9.74. The molecule has 6 aromatic carbocycles. The van der Waals surface area contributed by atoms with E-state index < -0.39 is 23.3 Å². The first-order chi connectivity index (χ1) is 25.0. The van der Waals surface area contributed by atoms with E-state index in [-0.39, 0.29) is 18.6 Å². The molecule has 52 heavy (non-hydrogen) atoms. The molecular formula is C46H40O6. The maximum Gasteiger partial charge on any atom is 0.335 e. The molecule has 6 aromatic rings. The molecule has 6 nitrogen and oxygen atoms in total. The molecule has 0 saturated carbocycles. The van der Waals surface area contributed by atoms with Crippen LogP contribution in [0, 0.1) is 0 Å². The Balaban J connectivity index is 1.41. The molecule has 0 saturated heterocycles. The molecule has 0 heterocycles. The van der Waals surface area contributed by atoms with Gasteiger partial charge in [-0.25, -0.2) is 14.4 Å². The van der Waals surface area contributed by atoms with Crippen molar-refractivity contribution in [1.82, 2.24) is 0 Å². The summed E-state index contributed by atoms with van der Waals surface area (Å²) < 4.78 is 16.8. The van der Waals surface area contributed by atoms with Gasteiger partial charge < -0.3 is 14.2 Å². The van der Waals surface area contributed by atoms with Crippen LogP contribution in [0.1, 0.15) is 50.3 Å². The molecule has 1 atom stereocenters. The van der Waals surface area contributed by atoms with Gasteiger partial charge in [0.05, 0.1) is 12.0 Å². The lowest BCUT2D eigenvalue weighted by Gasteiger charge is -2.32. The number of ether oxygens (including phenoxy) is 3. The summed E-state index contributed by atoms with van der Waals surface area (Å²) in [5, 5.41) is 7.23. The average molecular weight is 689 g/mol. The lowest BCUT2D eigenvalue weighted by molar-refractivity contribution is -0.139. The van der Waals surface area contributed by atoms with E-state index in [0.29, 0.717) is 18.6 Å². The Morgan fingerprint density at radius 2 is 1.25 bits per heavy atom. The highest BCUT2D eigenvalue weighted by Gasteiger charge is 2.45. The van der Waals surface area contributed by atoms with E-state index in [1.165, 1.54) is 32.5 Å². The van der Waals surface area contributed by atoms with Crippen LogP contribution in [0.15, 0.2) is 123 Å². The Hall–Kier alpha value is -6.01. The van der Waals surface area contributed by atoms with E-state index in [1.54, 1.807) is 6.07 Å². The van der Waals surface area contributed by atoms with Crippen molar-refractivity contribution in [3.63, 3.8) is 0 Å². The molecule has 0 N–H and O–H groups in total. The molecule has 1 unspecified atom stereocenters. The minimum Gasteiger partial charge on any atom is -0.463 e. The van der Waals surface area contributed by atoms with Crippen molar-refractivity contribution in [2.24, 2.45) is 0 Å². The van der Waals surface area contributed by atoms with Crippen LogP contribution in [0.5, 0.6) is 5.75 Å². The molecule has 6 heteroatoms. The minimum absolute atomic E-state index is 0.00976. The number of hydrogen-bond acceptors (Lipinski definition) is 6. The topological polar surface area (TPSA) is 78.9 Å². The monoisotopic (exact) mass is 688 g/mol. The van der Waals surface area contributed by atoms with Crippen LogP contribution < -0.4 is 4.74 Å². The Kier molecular flexibility index (Phi) is 8.79. The van der Waals surface area contributed by atoms with Gasteiger partial charge in [0.15, 0.2) is 0 Å². The van der Waals surface area contributed by atoms with Crippen molar-refractivity contribution in [2.75, 3.05) is 13.2 Å². The molecule has 0 fully saturated rings. The predicted molar refractivity (Wildman–Crippen MR) is 208 cm³/mol. The number of esters is 3. The van der Waals surface area contributed by atoms with Gasteiger partial charge in [0.2, 0.25) is 0 Å². The molecule has 1 aliphatic carbocycles. The van der Waals surface area contributed by atoms with E-state index in [0.717, 1.165) is 57.0 Å². The van der Waals surface area contributed by atoms with Crippen molar-refractivity contribution in [2.45, 2.75) is 44.4 Å². The van der Waals surface area contributed by atoms with Gasteiger partial charge in [0.25, 0.3) is 0 Å². The Morgan fingerprint density at radius 3 is 1.94 bits per heavy atom. The zero-order chi connectivity index (χ0) is 36.8. The van der Waals surface area contributed by atoms with Crippen LogP contribution in [-0.4, -0.2) is 31.1 Å². The normalized spacial score (nSPS) is 14.9. The first-order valence-corrected chi connectivity index (χ1v) is 17.4. The van der Waals surface area contributed by atoms with Gasteiger partial charge in [-0.3, -0.25) is 0 Å². The standard InChI is InChI=1S/C46H40O6/c1-7-40(47)50-22-10-21-46(27-51-41(48)8-2)38-25-29(14-18-35(38)36-20-16-33(26-39(36)46)52-42(49)9-3)34-17-13-28-11-12-30-23-32(45(4,5)6)24-31-15-19-37(34)44(28)43(30)31/h7-9,11-20,23-26H,1-3,10,21-22,27H2,4-6H3. The van der Waals surface area contributed by atoms with E-state index in [4.69, 9.17) is 14.2 Å². The molecule has 7 rings (SSSR count). The van der Waals surface area contributed by atoms with Crippen LogP contribution in [0.3, 0.4) is 0 Å². The summed E-state index contributed by atoms with van der Waals surface area (Å²) in [4.78, 5) is 36.8. The first-order valence-electron chi connectivity index (χ1n) is 17.4. The molecule has 0 amide bonds. The maximum absolute atomic E-state index is 12.6. The van der Waals surface area contributed by atoms with Crippen molar-refractivity contribution < 1.29 is 28.6 Å². The third-order valence-electron chi connectivity index (χ3n) is 10.3. The van der Waals surface area contributed by atoms with Crippen molar-refractivity contribution in [1.29, 1.82) is 0 Å². The lowest BCUT2D eigenvalue weighted by Crippen LogP contribution is -2.33. The minimum atomic E-state index is -0.871. The highest BCUT2D eigenvalue weighted by atomic mass is 16.5. The number of fused-ring (bicyclic) bond motifs is 3. The fourth-order valence-electron chi connectivity index (χ4n) is 7.72. The molecule has 0 radical (unpaired) electrons. The molecule has 0 aliphatic heterocycles. The van der Waals surface area contributed by atoms with E-state index in [9.17, 15) is 14.4 Å². The Labute approximate surface area is 303 Å². The number of rotatable bonds is 11. The number of hydrogen-bond donors (Lipinski definition) is 0. The number of carbonyl (C=O) groups excluding carboxylic acids is 3. The fraction of sp³-hybridized carbons (Fsp3) is 0.196. The van der Waals surface area contributed by atoms with Gasteiger partial charge >= 0.3 is 17.9 Å². The highest BCUT2D eigenvalue weighted by Crippen LogP contribution is 2.54. The summed E-state index contributed by atoms with van der Waals surface area (Å²) in [5.74, 6) is -1.31. The molecule has 0 aromatic heterocycles. The zero-order valence-corrected chi connectivity index (χ0v) is 29.7. The Bertz CT molecular complexity index is 2430. The van der Waals surface area contributed by atoms with E-state index in [1.807, 2.05) is 12.1 Å². The largest absolute Gasteiger partial charge is 0.463 e. The van der Waals surface area contributed by atoms with Crippen LogP contribution in [0.25, 0.3) is 54.6 Å². The summed E-state index contributed by atoms with van der Waals surface area (Å²) in [6.07, 6.45) is 4.30. The summed E-state index contributed by atoms with van der Waals surface area (Å²) in [7, 11) is 0. The summed E-state index contributed by atoms with van der Waals surface area (Å²) >= 11 is 0. The third kappa shape index (κ3) is 5.94. The zero-order valence-electron chi connectivity index (χ0n) is 29.7. The first kappa shape index (κ1) is 34.4. The van der Waals surface area contributed by atoms with E-state index in [2.05, 4.69) is 107 Å². The highest BCUT2D eigenvalue weighted by molar-refractivity contribution is 6.25. The predicted octanol–water partition coefficient (Wildman–Crippen LogP) is 10.1. The fourth-order valence-corrected chi connectivity index (χ4v) is 7.72. The van der Waals surface area contributed by atoms with Crippen LogP contribution in [0.4, 0.5) is 0 Å². The molecule has 0 spiro atoms. The summed E-state index contributed by atoms with van der Waals surface area (Å²) in [5.41, 5.74) is 6.24. The quantitative estimate of drug-likeness (QED) is 0.0443. The Morgan fingerprint density at radius 1 is 0.654 bits per heavy atom. The van der Waals surface area contributed by atoms with Gasteiger partial charge in [-0.1, -0.05) is 107 Å². The summed E-state index contributed by atoms with van der Waals surface area (Å²) in [6, 6.07) is 29.8. The average Bonchev–Trinajstić information content (AvgIpc) is 3.41. The van der Waals surface area contributed by atoms with E-state index >= 15 is 0 Å². The molecule has 1 aliphatic rings. The second kappa shape index (κ2) is 13.3. The van der Waals surface area contributed by atoms with Gasteiger partial charge in [-0.05, 0) is 108 Å². The number of benzene rings is 6. The van der Waals surface area contributed by atoms with Gasteiger partial charge in [-0.15, -0.1) is 0 Å². The molecule has 260 valence electrons. The van der Waals surface area contributed by atoms with Crippen molar-refractivity contribution in [3.8, 4) is 28.0 Å². The van der Waals surface area contributed by atoms with Crippen molar-refractivity contribution in [3.05, 3.63) is 140 Å². The smallest absolute Gasteiger partial charge is 0.335 e. The van der Waals surface area contributed by atoms with Gasteiger partial charge in [0.1, 0.15) is 12.4 Å². The maximum atomic E-state index is 12.6. The second-order valence-corrected chi connectivity index (χ2v) is 14.4. The SMILES string of the molecule is C=CC(=O)OCCCC1(COC(=O)C=C)c2cc(OC(=O)C=C)ccc2-c2ccc(-c3ccc4ccc5cc(C(C)(C)C)cc6ccc3c4c56)cc21. The third-order valence-corrected chi connectivity index (χ3v) is 10.3. The molecule has 0 bridgehead atoms. The molecular weight excluding hydrogens is 649 g/mol. The van der Waals surface area contributed by atoms with Crippen molar-refractivity contribution >= 4 is 50.2 Å². The second-order valence-electron chi connectivity index (χ2n) is 14.4. The van der Waals surface area contributed by atoms with Gasteiger partial charge in [-0.2, -0.15) is 0 Å². The van der Waals surface area contributed by atoms with Crippen LogP contribution in [-0.2, 0) is 34.7 Å². The summed E-state index contributed by atoms with van der Waals surface area (Å²) in [6.45, 7) is 17.5.